The van der Waals surface area contributed by atoms with Crippen molar-refractivity contribution < 1.29 is 19.0 Å². The van der Waals surface area contributed by atoms with Crippen LogP contribution in [0.3, 0.4) is 0 Å². The first kappa shape index (κ1) is 20.9. The van der Waals surface area contributed by atoms with Crippen molar-refractivity contribution >= 4 is 11.7 Å². The summed E-state index contributed by atoms with van der Waals surface area (Å²) < 4.78 is 16.9. The molecule has 160 valence electrons. The standard InChI is InChI=1S/C25H26N2O4/c1-29-16-18-14-20(11-12-22(18)30-2)31-17-25(19-8-4-3-5-9-19)15-21(25)24(28)27-23-10-6-7-13-26-23/h3-14,21H,15-17H2,1-2H3,(H,26,27,28)/t21-,25+/m0/s1. The molecule has 1 fully saturated rings. The normalized spacial score (nSPS) is 19.5. The average molecular weight is 418 g/mol. The molecule has 6 heteroatoms. The minimum absolute atomic E-state index is 0.0408. The highest BCUT2D eigenvalue weighted by Crippen LogP contribution is 2.55. The lowest BCUT2D eigenvalue weighted by Gasteiger charge is -2.20. The van der Waals surface area contributed by atoms with Crippen LogP contribution in [-0.2, 0) is 21.6 Å². The molecule has 2 aromatic carbocycles. The molecule has 6 nitrogen and oxygen atoms in total. The van der Waals surface area contributed by atoms with Gasteiger partial charge in [-0.2, -0.15) is 0 Å². The van der Waals surface area contributed by atoms with Crippen molar-refractivity contribution in [2.24, 2.45) is 5.92 Å². The zero-order chi connectivity index (χ0) is 21.7. The van der Waals surface area contributed by atoms with Crippen molar-refractivity contribution in [3.05, 3.63) is 84.1 Å². The van der Waals surface area contributed by atoms with E-state index in [1.807, 2.05) is 48.5 Å². The molecule has 0 spiro atoms. The maximum Gasteiger partial charge on any atom is 0.229 e. The van der Waals surface area contributed by atoms with Crippen molar-refractivity contribution in [3.8, 4) is 11.5 Å². The Morgan fingerprint density at radius 2 is 1.90 bits per heavy atom. The van der Waals surface area contributed by atoms with Crippen LogP contribution >= 0.6 is 0 Å². The van der Waals surface area contributed by atoms with Gasteiger partial charge in [-0.1, -0.05) is 36.4 Å². The van der Waals surface area contributed by atoms with Crippen molar-refractivity contribution in [1.29, 1.82) is 0 Å². The van der Waals surface area contributed by atoms with Crippen LogP contribution in [0.15, 0.2) is 72.9 Å². The molecular formula is C25H26N2O4. The van der Waals surface area contributed by atoms with Gasteiger partial charge in [-0.3, -0.25) is 4.79 Å². The second-order valence-corrected chi connectivity index (χ2v) is 7.68. The maximum absolute atomic E-state index is 13.0. The van der Waals surface area contributed by atoms with Gasteiger partial charge in [0.2, 0.25) is 5.91 Å². The molecule has 0 saturated heterocycles. The van der Waals surface area contributed by atoms with Gasteiger partial charge in [0.25, 0.3) is 0 Å². The van der Waals surface area contributed by atoms with Crippen LogP contribution in [0.25, 0.3) is 0 Å². The van der Waals surface area contributed by atoms with E-state index in [1.54, 1.807) is 26.5 Å². The third kappa shape index (κ3) is 4.54. The van der Waals surface area contributed by atoms with Gasteiger partial charge < -0.3 is 19.5 Å². The number of nitrogens with zero attached hydrogens (tertiary/aromatic N) is 1. The fourth-order valence-corrected chi connectivity index (χ4v) is 3.96. The zero-order valence-corrected chi connectivity index (χ0v) is 17.7. The Kier molecular flexibility index (Phi) is 6.18. The van der Waals surface area contributed by atoms with Gasteiger partial charge in [0.15, 0.2) is 0 Å². The highest BCUT2D eigenvalue weighted by atomic mass is 16.5. The number of ether oxygens (including phenoxy) is 3. The number of nitrogens with one attached hydrogen (secondary N) is 1. The Hall–Kier alpha value is -3.38. The molecule has 0 bridgehead atoms. The van der Waals surface area contributed by atoms with Gasteiger partial charge >= 0.3 is 0 Å². The first-order chi connectivity index (χ1) is 15.2. The summed E-state index contributed by atoms with van der Waals surface area (Å²) in [6.07, 6.45) is 2.38. The average Bonchev–Trinajstić information content (AvgIpc) is 3.56. The van der Waals surface area contributed by atoms with Crippen molar-refractivity contribution in [2.45, 2.75) is 18.4 Å². The van der Waals surface area contributed by atoms with E-state index in [0.29, 0.717) is 19.0 Å². The molecule has 31 heavy (non-hydrogen) atoms. The summed E-state index contributed by atoms with van der Waals surface area (Å²) in [6, 6.07) is 21.2. The number of aromatic nitrogens is 1. The minimum Gasteiger partial charge on any atom is -0.496 e. The summed E-state index contributed by atoms with van der Waals surface area (Å²) in [7, 11) is 3.28. The number of amides is 1. The summed E-state index contributed by atoms with van der Waals surface area (Å²) in [5.74, 6) is 1.81. The van der Waals surface area contributed by atoms with E-state index in [4.69, 9.17) is 14.2 Å². The Morgan fingerprint density at radius 3 is 2.61 bits per heavy atom. The number of rotatable bonds is 9. The second-order valence-electron chi connectivity index (χ2n) is 7.68. The van der Waals surface area contributed by atoms with Crippen molar-refractivity contribution in [2.75, 3.05) is 26.1 Å². The molecule has 1 heterocycles. The number of hydrogen-bond donors (Lipinski definition) is 1. The van der Waals surface area contributed by atoms with E-state index in [0.717, 1.165) is 29.0 Å². The molecule has 1 aromatic heterocycles. The van der Waals surface area contributed by atoms with Crippen LogP contribution in [0.2, 0.25) is 0 Å². The molecule has 1 aliphatic rings. The van der Waals surface area contributed by atoms with E-state index in [2.05, 4.69) is 22.4 Å². The highest BCUT2D eigenvalue weighted by molar-refractivity contribution is 5.95. The molecular weight excluding hydrogens is 392 g/mol. The van der Waals surface area contributed by atoms with E-state index < -0.39 is 0 Å². The summed E-state index contributed by atoms with van der Waals surface area (Å²) in [5, 5.41) is 2.93. The summed E-state index contributed by atoms with van der Waals surface area (Å²) in [4.78, 5) is 17.2. The molecule has 1 aliphatic carbocycles. The number of pyridine rings is 1. The van der Waals surface area contributed by atoms with Gasteiger partial charge in [-0.05, 0) is 42.3 Å². The van der Waals surface area contributed by atoms with Crippen LogP contribution in [0, 0.1) is 5.92 Å². The summed E-state index contributed by atoms with van der Waals surface area (Å²) >= 11 is 0. The van der Waals surface area contributed by atoms with Gasteiger partial charge in [0.05, 0.1) is 26.2 Å². The third-order valence-corrected chi connectivity index (χ3v) is 5.70. The Balaban J connectivity index is 1.52. The van der Waals surface area contributed by atoms with Crippen LogP contribution < -0.4 is 14.8 Å². The lowest BCUT2D eigenvalue weighted by molar-refractivity contribution is -0.117. The number of anilines is 1. The number of carbonyl (C=O) groups is 1. The number of hydrogen-bond acceptors (Lipinski definition) is 5. The van der Waals surface area contributed by atoms with Gasteiger partial charge in [0, 0.05) is 24.3 Å². The fourth-order valence-electron chi connectivity index (χ4n) is 3.96. The van der Waals surface area contributed by atoms with Crippen molar-refractivity contribution in [3.63, 3.8) is 0 Å². The Morgan fingerprint density at radius 1 is 1.10 bits per heavy atom. The summed E-state index contributed by atoms with van der Waals surface area (Å²) in [5.41, 5.74) is 1.64. The van der Waals surface area contributed by atoms with E-state index in [1.165, 1.54) is 0 Å². The number of carbonyl (C=O) groups excluding carboxylic acids is 1. The number of methoxy groups -OCH3 is 2. The molecule has 1 amide bonds. The lowest BCUT2D eigenvalue weighted by atomic mass is 9.93. The quantitative estimate of drug-likeness (QED) is 0.564. The second kappa shape index (κ2) is 9.18. The molecule has 4 rings (SSSR count). The van der Waals surface area contributed by atoms with Gasteiger partial charge in [-0.15, -0.1) is 0 Å². The number of benzene rings is 2. The molecule has 1 N–H and O–H groups in total. The minimum atomic E-state index is -0.374. The third-order valence-electron chi connectivity index (χ3n) is 5.70. The molecule has 3 aromatic rings. The Labute approximate surface area is 182 Å². The van der Waals surface area contributed by atoms with E-state index in [9.17, 15) is 4.79 Å². The zero-order valence-electron chi connectivity index (χ0n) is 17.7. The maximum atomic E-state index is 13.0. The largest absolute Gasteiger partial charge is 0.496 e. The van der Waals surface area contributed by atoms with Crippen molar-refractivity contribution in [1.82, 2.24) is 4.98 Å². The van der Waals surface area contributed by atoms with Gasteiger partial charge in [-0.25, -0.2) is 4.98 Å². The first-order valence-corrected chi connectivity index (χ1v) is 10.2. The molecule has 0 unspecified atom stereocenters. The van der Waals surface area contributed by atoms with Crippen LogP contribution in [-0.4, -0.2) is 31.7 Å². The molecule has 0 radical (unpaired) electrons. The van der Waals surface area contributed by atoms with E-state index in [-0.39, 0.29) is 17.2 Å². The van der Waals surface area contributed by atoms with Crippen LogP contribution in [0.1, 0.15) is 17.5 Å². The summed E-state index contributed by atoms with van der Waals surface area (Å²) in [6.45, 7) is 0.829. The molecule has 1 saturated carbocycles. The van der Waals surface area contributed by atoms with E-state index >= 15 is 0 Å². The smallest absolute Gasteiger partial charge is 0.229 e. The monoisotopic (exact) mass is 418 g/mol. The SMILES string of the molecule is COCc1cc(OC[C@@]2(c3ccccc3)C[C@H]2C(=O)Nc2ccccn2)ccc1OC. The topological polar surface area (TPSA) is 69.7 Å². The predicted molar refractivity (Wildman–Crippen MR) is 118 cm³/mol. The molecule has 0 aliphatic heterocycles. The van der Waals surface area contributed by atoms with Crippen LogP contribution in [0.4, 0.5) is 5.82 Å². The Bertz CT molecular complexity index is 1030. The first-order valence-electron chi connectivity index (χ1n) is 10.2. The van der Waals surface area contributed by atoms with Gasteiger partial charge in [0.1, 0.15) is 17.3 Å². The highest BCUT2D eigenvalue weighted by Gasteiger charge is 2.60. The fraction of sp³-hybridized carbons (Fsp3) is 0.280. The van der Waals surface area contributed by atoms with Crippen LogP contribution in [0.5, 0.6) is 11.5 Å². The molecule has 2 atom stereocenters. The lowest BCUT2D eigenvalue weighted by Crippen LogP contribution is -2.26. The predicted octanol–water partition coefficient (Wildman–Crippen LogP) is 4.21.